The first kappa shape index (κ1) is 13.5. The maximum atomic E-state index is 11.8. The number of aryl methyl sites for hydroxylation is 1. The van der Waals surface area contributed by atoms with Gasteiger partial charge in [-0.3, -0.25) is 9.59 Å². The lowest BCUT2D eigenvalue weighted by Crippen LogP contribution is -2.25. The highest BCUT2D eigenvalue weighted by atomic mass is 16.5. The predicted octanol–water partition coefficient (Wildman–Crippen LogP) is 1.71. The molecule has 5 nitrogen and oxygen atoms in total. The zero-order valence-electron chi connectivity index (χ0n) is 11.2. The zero-order valence-corrected chi connectivity index (χ0v) is 11.2. The first-order valence-electron chi connectivity index (χ1n) is 6.31. The van der Waals surface area contributed by atoms with Crippen molar-refractivity contribution >= 4 is 23.2 Å². The predicted molar refractivity (Wildman–Crippen MR) is 73.3 cm³/mol. The van der Waals surface area contributed by atoms with Crippen LogP contribution in [-0.2, 0) is 14.3 Å². The fraction of sp³-hybridized carbons (Fsp3) is 0.429. The standard InChI is InChI=1S/C14H18N2O3/c1-10-5-6-11(15-13(17)9-19-2)8-12(10)16-7-3-4-14(16)18/h5-6,8H,3-4,7,9H2,1-2H3,(H,15,17). The average Bonchev–Trinajstić information content (AvgIpc) is 2.78. The van der Waals surface area contributed by atoms with Gasteiger partial charge in [-0.2, -0.15) is 0 Å². The molecule has 1 aliphatic rings. The Kier molecular flexibility index (Phi) is 4.16. The summed E-state index contributed by atoms with van der Waals surface area (Å²) in [6, 6.07) is 5.57. The number of nitrogens with one attached hydrogen (secondary N) is 1. The summed E-state index contributed by atoms with van der Waals surface area (Å²) in [5.41, 5.74) is 2.58. The SMILES string of the molecule is COCC(=O)Nc1ccc(C)c(N2CCCC2=O)c1. The number of anilines is 2. The Bertz CT molecular complexity index is 499. The number of carbonyl (C=O) groups excluding carboxylic acids is 2. The van der Waals surface area contributed by atoms with Gasteiger partial charge in [0, 0.05) is 31.5 Å². The lowest BCUT2D eigenvalue weighted by Gasteiger charge is -2.19. The third-order valence-electron chi connectivity index (χ3n) is 3.13. The Morgan fingerprint density at radius 1 is 1.47 bits per heavy atom. The van der Waals surface area contributed by atoms with Crippen molar-refractivity contribution in [1.82, 2.24) is 0 Å². The van der Waals surface area contributed by atoms with Crippen LogP contribution in [0.15, 0.2) is 18.2 Å². The normalized spacial score (nSPS) is 14.8. The summed E-state index contributed by atoms with van der Waals surface area (Å²) in [5.74, 6) is -0.0616. The molecule has 0 aliphatic carbocycles. The number of hydrogen-bond acceptors (Lipinski definition) is 3. The first-order valence-corrected chi connectivity index (χ1v) is 6.31. The average molecular weight is 262 g/mol. The number of nitrogens with zero attached hydrogens (tertiary/aromatic N) is 1. The zero-order chi connectivity index (χ0) is 13.8. The van der Waals surface area contributed by atoms with Gasteiger partial charge < -0.3 is 15.0 Å². The number of methoxy groups -OCH3 is 1. The van der Waals surface area contributed by atoms with E-state index in [-0.39, 0.29) is 18.4 Å². The quantitative estimate of drug-likeness (QED) is 0.898. The van der Waals surface area contributed by atoms with E-state index in [1.54, 1.807) is 4.90 Å². The molecule has 1 saturated heterocycles. The number of ether oxygens (including phenoxy) is 1. The second-order valence-electron chi connectivity index (χ2n) is 4.63. The molecule has 2 amide bonds. The van der Waals surface area contributed by atoms with E-state index in [1.165, 1.54) is 7.11 Å². The van der Waals surface area contributed by atoms with E-state index in [0.29, 0.717) is 12.1 Å². The Morgan fingerprint density at radius 2 is 2.26 bits per heavy atom. The van der Waals surface area contributed by atoms with Crippen molar-refractivity contribution in [3.05, 3.63) is 23.8 Å². The van der Waals surface area contributed by atoms with Crippen LogP contribution in [-0.4, -0.2) is 32.1 Å². The van der Waals surface area contributed by atoms with Crippen LogP contribution < -0.4 is 10.2 Å². The molecule has 0 radical (unpaired) electrons. The summed E-state index contributed by atoms with van der Waals surface area (Å²) in [5, 5.41) is 2.75. The molecule has 0 aromatic heterocycles. The molecule has 0 atom stereocenters. The van der Waals surface area contributed by atoms with Crippen molar-refractivity contribution in [3.8, 4) is 0 Å². The van der Waals surface area contributed by atoms with Gasteiger partial charge in [0.25, 0.3) is 0 Å². The van der Waals surface area contributed by atoms with E-state index in [0.717, 1.165) is 24.2 Å². The molecule has 1 heterocycles. The maximum absolute atomic E-state index is 11.8. The molecule has 1 aromatic rings. The van der Waals surface area contributed by atoms with E-state index in [4.69, 9.17) is 4.74 Å². The van der Waals surface area contributed by atoms with E-state index >= 15 is 0 Å². The molecule has 0 bridgehead atoms. The summed E-state index contributed by atoms with van der Waals surface area (Å²) in [4.78, 5) is 25.0. The van der Waals surface area contributed by atoms with Gasteiger partial charge in [-0.25, -0.2) is 0 Å². The fourth-order valence-electron chi connectivity index (χ4n) is 2.21. The number of carbonyl (C=O) groups is 2. The number of hydrogen-bond donors (Lipinski definition) is 1. The maximum Gasteiger partial charge on any atom is 0.250 e. The molecule has 19 heavy (non-hydrogen) atoms. The molecule has 1 fully saturated rings. The van der Waals surface area contributed by atoms with Gasteiger partial charge in [-0.1, -0.05) is 6.07 Å². The van der Waals surface area contributed by atoms with Gasteiger partial charge in [-0.15, -0.1) is 0 Å². The number of benzene rings is 1. The van der Waals surface area contributed by atoms with E-state index in [1.807, 2.05) is 25.1 Å². The van der Waals surface area contributed by atoms with Gasteiger partial charge in [0.1, 0.15) is 6.61 Å². The van der Waals surface area contributed by atoms with Crippen molar-refractivity contribution in [2.24, 2.45) is 0 Å². The van der Waals surface area contributed by atoms with Gasteiger partial charge in [-0.05, 0) is 31.0 Å². The van der Waals surface area contributed by atoms with Gasteiger partial charge in [0.2, 0.25) is 11.8 Å². The molecular formula is C14H18N2O3. The van der Waals surface area contributed by atoms with Crippen molar-refractivity contribution in [3.63, 3.8) is 0 Å². The van der Waals surface area contributed by atoms with Crippen LogP contribution in [0.25, 0.3) is 0 Å². The van der Waals surface area contributed by atoms with Crippen LogP contribution in [0.3, 0.4) is 0 Å². The van der Waals surface area contributed by atoms with E-state index < -0.39 is 0 Å². The van der Waals surface area contributed by atoms with Crippen molar-refractivity contribution < 1.29 is 14.3 Å². The lowest BCUT2D eigenvalue weighted by molar-refractivity contribution is -0.119. The molecule has 2 rings (SSSR count). The molecule has 5 heteroatoms. The molecule has 1 aromatic carbocycles. The Morgan fingerprint density at radius 3 is 2.89 bits per heavy atom. The molecule has 1 aliphatic heterocycles. The van der Waals surface area contributed by atoms with Crippen LogP contribution in [0.4, 0.5) is 11.4 Å². The highest BCUT2D eigenvalue weighted by molar-refractivity contribution is 5.98. The second kappa shape index (κ2) is 5.84. The summed E-state index contributed by atoms with van der Waals surface area (Å²) in [7, 11) is 1.48. The Balaban J connectivity index is 2.19. The smallest absolute Gasteiger partial charge is 0.250 e. The lowest BCUT2D eigenvalue weighted by atomic mass is 10.1. The first-order chi connectivity index (χ1) is 9.11. The molecule has 102 valence electrons. The summed E-state index contributed by atoms with van der Waals surface area (Å²) in [6.45, 7) is 2.72. The van der Waals surface area contributed by atoms with Crippen molar-refractivity contribution in [2.75, 3.05) is 30.5 Å². The second-order valence-corrected chi connectivity index (χ2v) is 4.63. The third kappa shape index (κ3) is 3.12. The van der Waals surface area contributed by atoms with Crippen LogP contribution in [0.1, 0.15) is 18.4 Å². The minimum atomic E-state index is -0.204. The van der Waals surface area contributed by atoms with Crippen LogP contribution in [0, 0.1) is 6.92 Å². The topological polar surface area (TPSA) is 58.6 Å². The van der Waals surface area contributed by atoms with E-state index in [2.05, 4.69) is 5.32 Å². The monoisotopic (exact) mass is 262 g/mol. The van der Waals surface area contributed by atoms with Crippen LogP contribution in [0.5, 0.6) is 0 Å². The summed E-state index contributed by atoms with van der Waals surface area (Å²) >= 11 is 0. The van der Waals surface area contributed by atoms with Gasteiger partial charge >= 0.3 is 0 Å². The fourth-order valence-corrected chi connectivity index (χ4v) is 2.21. The molecular weight excluding hydrogens is 244 g/mol. The largest absolute Gasteiger partial charge is 0.375 e. The highest BCUT2D eigenvalue weighted by Gasteiger charge is 2.23. The Hall–Kier alpha value is -1.88. The van der Waals surface area contributed by atoms with Gasteiger partial charge in [0.05, 0.1) is 0 Å². The van der Waals surface area contributed by atoms with E-state index in [9.17, 15) is 9.59 Å². The van der Waals surface area contributed by atoms with Crippen molar-refractivity contribution in [2.45, 2.75) is 19.8 Å². The molecule has 0 unspecified atom stereocenters. The Labute approximate surface area is 112 Å². The van der Waals surface area contributed by atoms with Crippen LogP contribution >= 0.6 is 0 Å². The minimum Gasteiger partial charge on any atom is -0.375 e. The highest BCUT2D eigenvalue weighted by Crippen LogP contribution is 2.28. The molecule has 0 saturated carbocycles. The molecule has 1 N–H and O–H groups in total. The third-order valence-corrected chi connectivity index (χ3v) is 3.13. The van der Waals surface area contributed by atoms with Crippen molar-refractivity contribution in [1.29, 1.82) is 0 Å². The van der Waals surface area contributed by atoms with Crippen LogP contribution in [0.2, 0.25) is 0 Å². The minimum absolute atomic E-state index is 0.0197. The number of rotatable bonds is 4. The molecule has 0 spiro atoms. The van der Waals surface area contributed by atoms with Gasteiger partial charge in [0.15, 0.2) is 0 Å². The number of amides is 2. The summed E-state index contributed by atoms with van der Waals surface area (Å²) in [6.07, 6.45) is 1.48. The summed E-state index contributed by atoms with van der Waals surface area (Å²) < 4.78 is 4.77.